The number of amides is 3. The monoisotopic (exact) mass is 471 g/mol. The molecule has 1 rings (SSSR count). The molecule has 3 amide bonds. The molecule has 0 aromatic heterocycles. The topological polar surface area (TPSA) is 205 Å². The first-order valence-electron chi connectivity index (χ1n) is 11.3. The van der Waals surface area contributed by atoms with Crippen molar-refractivity contribution in [2.45, 2.75) is 83.0 Å². The van der Waals surface area contributed by atoms with E-state index in [9.17, 15) is 29.1 Å². The van der Waals surface area contributed by atoms with Crippen LogP contribution in [0, 0.1) is 5.92 Å². The van der Waals surface area contributed by atoms with Crippen LogP contribution in [-0.2, 0) is 24.0 Å². The maximum Gasteiger partial charge on any atom is 0.326 e. The number of carboxylic acid groups (broad SMARTS) is 2. The fourth-order valence-electron chi connectivity index (χ4n) is 3.76. The fraction of sp³-hybridized carbons (Fsp3) is 0.762. The van der Waals surface area contributed by atoms with Crippen molar-refractivity contribution < 1.29 is 34.2 Å². The zero-order valence-electron chi connectivity index (χ0n) is 19.3. The Hall–Kier alpha value is -2.73. The molecule has 188 valence electrons. The highest BCUT2D eigenvalue weighted by atomic mass is 16.4. The number of rotatable bonds is 14. The third-order valence-electron chi connectivity index (χ3n) is 5.46. The van der Waals surface area contributed by atoms with Gasteiger partial charge in [-0.2, -0.15) is 0 Å². The largest absolute Gasteiger partial charge is 0.481 e. The number of carbonyl (C=O) groups is 5. The molecule has 12 heteroatoms. The standard InChI is InChI=1S/C21H37N5O7/c1-12(2)10-14(24-18(29)13(23)6-3-4-8-22)20(31)26-9-5-7-16(26)19(30)25-15(21(32)33)11-17(27)28/h12-16H,3-11,22-23H2,1-2H3,(H,24,29)(H,25,30)(H,27,28)(H,32,33). The van der Waals surface area contributed by atoms with E-state index >= 15 is 0 Å². The summed E-state index contributed by atoms with van der Waals surface area (Å²) in [4.78, 5) is 62.0. The SMILES string of the molecule is CC(C)CC(NC(=O)C(N)CCCCN)C(=O)N1CCCC1C(=O)NC(CC(=O)O)C(=O)O. The second-order valence-electron chi connectivity index (χ2n) is 8.77. The first kappa shape index (κ1) is 28.3. The van der Waals surface area contributed by atoms with Gasteiger partial charge in [-0.05, 0) is 44.6 Å². The summed E-state index contributed by atoms with van der Waals surface area (Å²) in [5.41, 5.74) is 11.4. The molecule has 33 heavy (non-hydrogen) atoms. The van der Waals surface area contributed by atoms with Gasteiger partial charge in [0.2, 0.25) is 17.7 Å². The quantitative estimate of drug-likeness (QED) is 0.172. The van der Waals surface area contributed by atoms with E-state index in [0.717, 1.165) is 6.42 Å². The number of hydrogen-bond donors (Lipinski definition) is 6. The number of unbranched alkanes of at least 4 members (excludes halogenated alkanes) is 1. The molecule has 12 nitrogen and oxygen atoms in total. The predicted molar refractivity (Wildman–Crippen MR) is 119 cm³/mol. The van der Waals surface area contributed by atoms with Gasteiger partial charge in [0.25, 0.3) is 0 Å². The highest BCUT2D eigenvalue weighted by molar-refractivity contribution is 5.95. The number of carbonyl (C=O) groups excluding carboxylic acids is 3. The Morgan fingerprint density at radius 2 is 1.73 bits per heavy atom. The minimum absolute atomic E-state index is 0.0644. The van der Waals surface area contributed by atoms with Gasteiger partial charge in [0.1, 0.15) is 18.1 Å². The van der Waals surface area contributed by atoms with Crippen LogP contribution < -0.4 is 22.1 Å². The van der Waals surface area contributed by atoms with E-state index in [4.69, 9.17) is 16.6 Å². The molecule has 0 saturated carbocycles. The van der Waals surface area contributed by atoms with Crippen molar-refractivity contribution in [3.8, 4) is 0 Å². The van der Waals surface area contributed by atoms with Crippen LogP contribution >= 0.6 is 0 Å². The van der Waals surface area contributed by atoms with E-state index in [-0.39, 0.29) is 12.5 Å². The van der Waals surface area contributed by atoms with E-state index in [2.05, 4.69) is 10.6 Å². The van der Waals surface area contributed by atoms with Gasteiger partial charge in [-0.15, -0.1) is 0 Å². The summed E-state index contributed by atoms with van der Waals surface area (Å²) >= 11 is 0. The molecule has 0 bridgehead atoms. The lowest BCUT2D eigenvalue weighted by Crippen LogP contribution is -2.57. The molecule has 1 saturated heterocycles. The number of nitrogens with zero attached hydrogens (tertiary/aromatic N) is 1. The summed E-state index contributed by atoms with van der Waals surface area (Å²) in [5, 5.41) is 23.0. The molecule has 4 atom stereocenters. The number of hydrogen-bond acceptors (Lipinski definition) is 7. The van der Waals surface area contributed by atoms with E-state index in [1.165, 1.54) is 4.90 Å². The first-order chi connectivity index (χ1) is 15.5. The minimum Gasteiger partial charge on any atom is -0.481 e. The van der Waals surface area contributed by atoms with Crippen molar-refractivity contribution in [2.75, 3.05) is 13.1 Å². The van der Waals surface area contributed by atoms with Gasteiger partial charge >= 0.3 is 11.9 Å². The van der Waals surface area contributed by atoms with Crippen molar-refractivity contribution >= 4 is 29.7 Å². The van der Waals surface area contributed by atoms with Crippen molar-refractivity contribution in [1.82, 2.24) is 15.5 Å². The van der Waals surface area contributed by atoms with E-state index in [0.29, 0.717) is 38.6 Å². The average molecular weight is 472 g/mol. The van der Waals surface area contributed by atoms with Gasteiger partial charge in [-0.3, -0.25) is 19.2 Å². The summed E-state index contributed by atoms with van der Waals surface area (Å²) in [7, 11) is 0. The number of nitrogens with two attached hydrogens (primary N) is 2. The van der Waals surface area contributed by atoms with Crippen molar-refractivity contribution in [1.29, 1.82) is 0 Å². The Balaban J connectivity index is 2.90. The lowest BCUT2D eigenvalue weighted by atomic mass is 10.0. The highest BCUT2D eigenvalue weighted by Gasteiger charge is 2.39. The minimum atomic E-state index is -1.61. The Bertz CT molecular complexity index is 715. The highest BCUT2D eigenvalue weighted by Crippen LogP contribution is 2.21. The molecular weight excluding hydrogens is 434 g/mol. The van der Waals surface area contributed by atoms with Crippen LogP contribution in [0.1, 0.15) is 58.8 Å². The average Bonchev–Trinajstić information content (AvgIpc) is 3.21. The molecule has 0 aromatic carbocycles. The molecule has 0 spiro atoms. The summed E-state index contributed by atoms with van der Waals surface area (Å²) in [6.45, 7) is 4.55. The number of likely N-dealkylation sites (tertiary alicyclic amines) is 1. The third-order valence-corrected chi connectivity index (χ3v) is 5.46. The van der Waals surface area contributed by atoms with Gasteiger partial charge in [-0.1, -0.05) is 20.3 Å². The molecule has 1 heterocycles. The molecular formula is C21H37N5O7. The number of carboxylic acids is 2. The maximum absolute atomic E-state index is 13.3. The molecule has 0 radical (unpaired) electrons. The molecule has 0 aromatic rings. The molecule has 1 aliphatic rings. The van der Waals surface area contributed by atoms with Crippen LogP contribution in [0.2, 0.25) is 0 Å². The van der Waals surface area contributed by atoms with E-state index in [1.807, 2.05) is 13.8 Å². The Morgan fingerprint density at radius 1 is 1.06 bits per heavy atom. The van der Waals surface area contributed by atoms with Gasteiger partial charge in [0, 0.05) is 6.54 Å². The molecule has 8 N–H and O–H groups in total. The Kier molecular flexibility index (Phi) is 11.8. The normalized spacial score (nSPS) is 18.5. The van der Waals surface area contributed by atoms with Gasteiger partial charge < -0.3 is 37.2 Å². The zero-order valence-corrected chi connectivity index (χ0v) is 19.3. The van der Waals surface area contributed by atoms with E-state index in [1.54, 1.807) is 0 Å². The maximum atomic E-state index is 13.3. The Morgan fingerprint density at radius 3 is 2.27 bits per heavy atom. The lowest BCUT2D eigenvalue weighted by molar-refractivity contribution is -0.148. The van der Waals surface area contributed by atoms with Gasteiger partial charge in [0.15, 0.2) is 0 Å². The fourth-order valence-corrected chi connectivity index (χ4v) is 3.76. The van der Waals surface area contributed by atoms with Crippen molar-refractivity contribution in [3.63, 3.8) is 0 Å². The molecule has 0 aliphatic carbocycles. The van der Waals surface area contributed by atoms with Crippen molar-refractivity contribution in [3.05, 3.63) is 0 Å². The summed E-state index contributed by atoms with van der Waals surface area (Å²) < 4.78 is 0. The molecule has 1 fully saturated rings. The van der Waals surface area contributed by atoms with Crippen LogP contribution in [-0.4, -0.2) is 82.0 Å². The summed E-state index contributed by atoms with van der Waals surface area (Å²) in [6.07, 6.45) is 2.22. The smallest absolute Gasteiger partial charge is 0.326 e. The Labute approximate surface area is 193 Å². The second kappa shape index (κ2) is 13.7. The number of aliphatic carboxylic acids is 2. The van der Waals surface area contributed by atoms with Gasteiger partial charge in [0.05, 0.1) is 12.5 Å². The predicted octanol–water partition coefficient (Wildman–Crippen LogP) is -0.991. The summed E-state index contributed by atoms with van der Waals surface area (Å²) in [6, 6.07) is -4.23. The van der Waals surface area contributed by atoms with Crippen LogP contribution in [0.5, 0.6) is 0 Å². The molecule has 1 aliphatic heterocycles. The second-order valence-corrected chi connectivity index (χ2v) is 8.77. The first-order valence-corrected chi connectivity index (χ1v) is 11.3. The van der Waals surface area contributed by atoms with Crippen LogP contribution in [0.15, 0.2) is 0 Å². The number of nitrogens with one attached hydrogen (secondary N) is 2. The van der Waals surface area contributed by atoms with Crippen LogP contribution in [0.4, 0.5) is 0 Å². The van der Waals surface area contributed by atoms with Crippen LogP contribution in [0.25, 0.3) is 0 Å². The van der Waals surface area contributed by atoms with E-state index < -0.39 is 60.2 Å². The third kappa shape index (κ3) is 9.34. The van der Waals surface area contributed by atoms with Crippen LogP contribution in [0.3, 0.4) is 0 Å². The molecule has 4 unspecified atom stereocenters. The van der Waals surface area contributed by atoms with Crippen molar-refractivity contribution in [2.24, 2.45) is 17.4 Å². The zero-order chi connectivity index (χ0) is 25.1. The lowest BCUT2D eigenvalue weighted by Gasteiger charge is -2.30. The summed E-state index contributed by atoms with van der Waals surface area (Å²) in [5.74, 6) is -4.43. The van der Waals surface area contributed by atoms with Gasteiger partial charge in [-0.25, -0.2) is 4.79 Å².